The zero-order chi connectivity index (χ0) is 13.7. The second-order valence-electron chi connectivity index (χ2n) is 3.91. The lowest BCUT2D eigenvalue weighted by Crippen LogP contribution is -2.20. The molecule has 0 aliphatic carbocycles. The van der Waals surface area contributed by atoms with E-state index < -0.39 is 28.5 Å². The number of hydrogen-bond acceptors (Lipinski definition) is 3. The summed E-state index contributed by atoms with van der Waals surface area (Å²) in [6.45, 7) is 1.64. The predicted octanol–water partition coefficient (Wildman–Crippen LogP) is 2.54. The van der Waals surface area contributed by atoms with E-state index in [0.29, 0.717) is 10.6 Å². The highest BCUT2D eigenvalue weighted by Gasteiger charge is 2.17. The van der Waals surface area contributed by atoms with E-state index in [9.17, 15) is 13.4 Å². The van der Waals surface area contributed by atoms with Crippen LogP contribution >= 0.6 is 11.6 Å². The van der Waals surface area contributed by atoms with Gasteiger partial charge < -0.3 is 4.74 Å². The number of rotatable bonds is 5. The molecule has 0 heterocycles. The van der Waals surface area contributed by atoms with Crippen molar-refractivity contribution in [3.05, 3.63) is 34.6 Å². The van der Waals surface area contributed by atoms with Crippen LogP contribution in [0, 0.1) is 11.7 Å². The van der Waals surface area contributed by atoms with Crippen molar-refractivity contribution in [2.24, 2.45) is 5.92 Å². The summed E-state index contributed by atoms with van der Waals surface area (Å²) in [4.78, 5) is 11.2. The number of hydrogen-bond donors (Lipinski definition) is 0. The van der Waals surface area contributed by atoms with Crippen LogP contribution in [0.25, 0.3) is 0 Å². The van der Waals surface area contributed by atoms with Gasteiger partial charge in [-0.05, 0) is 23.8 Å². The second-order valence-corrected chi connectivity index (χ2v) is 5.82. The standard InChI is InChI=1S/C12H14ClFO3S/c1-8(12(15)17-2)6-18(16)7-9-5-10(14)3-4-11(9)13/h3-5,8H,6-7H2,1-2H3. The highest BCUT2D eigenvalue weighted by Crippen LogP contribution is 2.19. The van der Waals surface area contributed by atoms with Gasteiger partial charge in [-0.15, -0.1) is 0 Å². The van der Waals surface area contributed by atoms with E-state index in [2.05, 4.69) is 4.74 Å². The first-order valence-corrected chi connectivity index (χ1v) is 7.17. The van der Waals surface area contributed by atoms with Gasteiger partial charge in [0, 0.05) is 21.6 Å². The Morgan fingerprint density at radius 2 is 2.22 bits per heavy atom. The molecule has 1 rings (SSSR count). The summed E-state index contributed by atoms with van der Waals surface area (Å²) in [6, 6.07) is 3.92. The lowest BCUT2D eigenvalue weighted by Gasteiger charge is -2.09. The Kier molecular flexibility index (Phi) is 5.75. The zero-order valence-corrected chi connectivity index (χ0v) is 11.7. The minimum Gasteiger partial charge on any atom is -0.469 e. The number of esters is 1. The highest BCUT2D eigenvalue weighted by molar-refractivity contribution is 7.84. The summed E-state index contributed by atoms with van der Waals surface area (Å²) in [5.74, 6) is -0.999. The Balaban J connectivity index is 2.65. The summed E-state index contributed by atoms with van der Waals surface area (Å²) in [7, 11) is -0.0108. The van der Waals surface area contributed by atoms with Crippen molar-refractivity contribution in [2.45, 2.75) is 12.7 Å². The Hall–Kier alpha value is -0.940. The van der Waals surface area contributed by atoms with Crippen LogP contribution < -0.4 is 0 Å². The number of carbonyl (C=O) groups excluding carboxylic acids is 1. The molecule has 0 aliphatic heterocycles. The number of ether oxygens (including phenoxy) is 1. The van der Waals surface area contributed by atoms with Gasteiger partial charge in [-0.2, -0.15) is 0 Å². The molecule has 100 valence electrons. The van der Waals surface area contributed by atoms with E-state index >= 15 is 0 Å². The summed E-state index contributed by atoms with van der Waals surface area (Å²) in [5.41, 5.74) is 0.479. The average molecular weight is 293 g/mol. The highest BCUT2D eigenvalue weighted by atomic mass is 35.5. The van der Waals surface area contributed by atoms with Crippen LogP contribution in [0.1, 0.15) is 12.5 Å². The normalized spacial score (nSPS) is 14.0. The predicted molar refractivity (Wildman–Crippen MR) is 69.3 cm³/mol. The maximum Gasteiger partial charge on any atom is 0.309 e. The molecule has 1 aromatic carbocycles. The third-order valence-electron chi connectivity index (χ3n) is 2.36. The quantitative estimate of drug-likeness (QED) is 0.783. The molecule has 2 atom stereocenters. The van der Waals surface area contributed by atoms with E-state index in [0.717, 1.165) is 0 Å². The monoisotopic (exact) mass is 292 g/mol. The molecule has 0 fully saturated rings. The fourth-order valence-electron chi connectivity index (χ4n) is 1.43. The maximum absolute atomic E-state index is 13.0. The molecule has 0 amide bonds. The van der Waals surface area contributed by atoms with Crippen LogP contribution in [-0.2, 0) is 26.1 Å². The van der Waals surface area contributed by atoms with Crippen LogP contribution in [0.2, 0.25) is 5.02 Å². The van der Waals surface area contributed by atoms with Crippen LogP contribution in [0.3, 0.4) is 0 Å². The van der Waals surface area contributed by atoms with Crippen molar-refractivity contribution in [3.8, 4) is 0 Å². The van der Waals surface area contributed by atoms with Crippen LogP contribution in [0.5, 0.6) is 0 Å². The topological polar surface area (TPSA) is 43.4 Å². The molecule has 0 bridgehead atoms. The number of halogens is 2. The van der Waals surface area contributed by atoms with Crippen LogP contribution in [0.4, 0.5) is 4.39 Å². The third-order valence-corrected chi connectivity index (χ3v) is 4.24. The first-order chi connectivity index (χ1) is 8.43. The Bertz CT molecular complexity index is 465. The van der Waals surface area contributed by atoms with Gasteiger partial charge in [0.1, 0.15) is 5.82 Å². The molecule has 0 aromatic heterocycles. The van der Waals surface area contributed by atoms with Crippen LogP contribution in [0.15, 0.2) is 18.2 Å². The number of carbonyl (C=O) groups is 1. The van der Waals surface area contributed by atoms with Crippen LogP contribution in [-0.4, -0.2) is 23.0 Å². The maximum atomic E-state index is 13.0. The number of benzene rings is 1. The lowest BCUT2D eigenvalue weighted by atomic mass is 10.2. The van der Waals surface area contributed by atoms with Gasteiger partial charge in [0.25, 0.3) is 0 Å². The molecule has 0 N–H and O–H groups in total. The van der Waals surface area contributed by atoms with E-state index in [1.165, 1.54) is 25.3 Å². The van der Waals surface area contributed by atoms with Crippen molar-refractivity contribution in [3.63, 3.8) is 0 Å². The Labute approximate surface area is 113 Å². The van der Waals surface area contributed by atoms with Gasteiger partial charge in [0.15, 0.2) is 0 Å². The smallest absolute Gasteiger partial charge is 0.309 e. The molecule has 0 saturated heterocycles. The molecular formula is C12H14ClFO3S. The second kappa shape index (κ2) is 6.85. The molecule has 0 spiro atoms. The van der Waals surface area contributed by atoms with Gasteiger partial charge >= 0.3 is 5.97 Å². The fourth-order valence-corrected chi connectivity index (χ4v) is 3.10. The van der Waals surface area contributed by atoms with Crippen molar-refractivity contribution in [1.82, 2.24) is 0 Å². The Morgan fingerprint density at radius 1 is 1.56 bits per heavy atom. The van der Waals surface area contributed by atoms with Gasteiger partial charge in [-0.3, -0.25) is 9.00 Å². The van der Waals surface area contributed by atoms with Crippen molar-refractivity contribution in [1.29, 1.82) is 0 Å². The molecule has 18 heavy (non-hydrogen) atoms. The molecule has 1 aromatic rings. The average Bonchev–Trinajstić information content (AvgIpc) is 2.32. The molecule has 6 heteroatoms. The summed E-state index contributed by atoms with van der Waals surface area (Å²) in [6.07, 6.45) is 0. The lowest BCUT2D eigenvalue weighted by molar-refractivity contribution is -0.144. The molecule has 2 unspecified atom stereocenters. The zero-order valence-electron chi connectivity index (χ0n) is 10.1. The minimum atomic E-state index is -1.29. The van der Waals surface area contributed by atoms with Crippen molar-refractivity contribution < 1.29 is 18.1 Å². The van der Waals surface area contributed by atoms with Gasteiger partial charge in [0.05, 0.1) is 18.8 Å². The molecule has 0 aliphatic rings. The first-order valence-electron chi connectivity index (χ1n) is 5.30. The minimum absolute atomic E-state index is 0.123. The van der Waals surface area contributed by atoms with E-state index in [1.807, 2.05) is 0 Å². The van der Waals surface area contributed by atoms with Crippen molar-refractivity contribution >= 4 is 28.4 Å². The number of methoxy groups -OCH3 is 1. The molecule has 0 radical (unpaired) electrons. The van der Waals surface area contributed by atoms with Gasteiger partial charge in [-0.1, -0.05) is 18.5 Å². The van der Waals surface area contributed by atoms with Crippen molar-refractivity contribution in [2.75, 3.05) is 12.9 Å². The molecular weight excluding hydrogens is 279 g/mol. The summed E-state index contributed by atoms with van der Waals surface area (Å²) < 4.78 is 29.4. The fraction of sp³-hybridized carbons (Fsp3) is 0.417. The first kappa shape index (κ1) is 15.1. The summed E-state index contributed by atoms with van der Waals surface area (Å²) in [5, 5.41) is 0.371. The van der Waals surface area contributed by atoms with E-state index in [-0.39, 0.29) is 11.5 Å². The van der Waals surface area contributed by atoms with Gasteiger partial charge in [-0.25, -0.2) is 4.39 Å². The van der Waals surface area contributed by atoms with E-state index in [4.69, 9.17) is 11.6 Å². The SMILES string of the molecule is COC(=O)C(C)CS(=O)Cc1cc(F)ccc1Cl. The van der Waals surface area contributed by atoms with Gasteiger partial charge in [0.2, 0.25) is 0 Å². The largest absolute Gasteiger partial charge is 0.469 e. The summed E-state index contributed by atoms with van der Waals surface area (Å²) >= 11 is 5.87. The Morgan fingerprint density at radius 3 is 2.83 bits per heavy atom. The third kappa shape index (κ3) is 4.38. The molecule has 0 saturated carbocycles. The van der Waals surface area contributed by atoms with E-state index in [1.54, 1.807) is 6.92 Å². The molecule has 3 nitrogen and oxygen atoms in total.